The number of pyridine rings is 2. The van der Waals surface area contributed by atoms with E-state index in [1.165, 1.54) is 80.1 Å². The predicted molar refractivity (Wildman–Crippen MR) is 242 cm³/mol. The minimum Gasteiger partial charge on any atom is -0.291 e. The molecule has 1 aliphatic carbocycles. The molecule has 0 spiro atoms. The van der Waals surface area contributed by atoms with Crippen LogP contribution in [0.2, 0.25) is 0 Å². The molecule has 13 rings (SSSR count). The molecule has 4 aromatic heterocycles. The summed E-state index contributed by atoms with van der Waals surface area (Å²) in [5.74, 6) is 0. The van der Waals surface area contributed by atoms with Gasteiger partial charge in [-0.25, -0.2) is 9.97 Å². The van der Waals surface area contributed by atoms with E-state index in [2.05, 4.69) is 182 Å². The standard InChI is InChI=1S/C53H33N3S/c1-53(2)42-15-8-7-14-37(42)40-28-45(54-44-17-9-16-43(53)48(40)44)31-18-20-32(21-19-31)47-29-41-38-24-22-30-10-5-6-13-36(30)50(38)57-51(41)52-55-49-39-27-34-12-4-3-11-33(34)26-35(39)23-25-46(49)56(47)52/h3-29H,1-2H3. The molecule has 0 amide bonds. The van der Waals surface area contributed by atoms with Crippen molar-refractivity contribution in [2.45, 2.75) is 19.3 Å². The topological polar surface area (TPSA) is 30.2 Å². The summed E-state index contributed by atoms with van der Waals surface area (Å²) < 4.78 is 4.92. The third-order valence-electron chi connectivity index (χ3n) is 12.7. The number of nitrogens with zero attached hydrogens (tertiary/aromatic N) is 3. The molecule has 1 aliphatic rings. The van der Waals surface area contributed by atoms with Gasteiger partial charge in [0.25, 0.3) is 0 Å². The first kappa shape index (κ1) is 31.3. The molecule has 12 aromatic rings. The highest BCUT2D eigenvalue weighted by atomic mass is 32.1. The Kier molecular flexibility index (Phi) is 6.12. The highest BCUT2D eigenvalue weighted by Gasteiger charge is 2.33. The third-order valence-corrected chi connectivity index (χ3v) is 14.0. The van der Waals surface area contributed by atoms with E-state index >= 15 is 0 Å². The number of hydrogen-bond acceptors (Lipinski definition) is 3. The number of benzene rings is 8. The van der Waals surface area contributed by atoms with Crippen LogP contribution in [0, 0.1) is 0 Å². The molecule has 0 unspecified atom stereocenters. The molecule has 4 heterocycles. The lowest BCUT2D eigenvalue weighted by molar-refractivity contribution is 0.645. The fourth-order valence-electron chi connectivity index (χ4n) is 9.91. The van der Waals surface area contributed by atoms with Gasteiger partial charge in [-0.05, 0) is 91.1 Å². The number of thiophene rings is 1. The Hall–Kier alpha value is -6.88. The molecule has 0 N–H and O–H groups in total. The molecular weight excluding hydrogens is 711 g/mol. The molecule has 0 fully saturated rings. The maximum Gasteiger partial charge on any atom is 0.156 e. The summed E-state index contributed by atoms with van der Waals surface area (Å²) in [5.41, 5.74) is 13.7. The highest BCUT2D eigenvalue weighted by molar-refractivity contribution is 7.27. The maximum absolute atomic E-state index is 5.56. The Bertz CT molecular complexity index is 3720. The van der Waals surface area contributed by atoms with Gasteiger partial charge in [-0.3, -0.25) is 4.40 Å². The van der Waals surface area contributed by atoms with Crippen LogP contribution in [0.3, 0.4) is 0 Å². The third kappa shape index (κ3) is 4.25. The van der Waals surface area contributed by atoms with E-state index < -0.39 is 0 Å². The van der Waals surface area contributed by atoms with Crippen LogP contribution in [0.15, 0.2) is 164 Å². The lowest BCUT2D eigenvalue weighted by atomic mass is 9.69. The van der Waals surface area contributed by atoms with Crippen LogP contribution < -0.4 is 0 Å². The molecule has 0 radical (unpaired) electrons. The Morgan fingerprint density at radius 3 is 2.11 bits per heavy atom. The van der Waals surface area contributed by atoms with Gasteiger partial charge in [-0.2, -0.15) is 0 Å². The molecule has 0 saturated carbocycles. The number of aromatic nitrogens is 3. The van der Waals surface area contributed by atoms with E-state index in [0.717, 1.165) is 44.7 Å². The summed E-state index contributed by atoms with van der Waals surface area (Å²) in [4.78, 5) is 10.9. The Morgan fingerprint density at radius 2 is 1.23 bits per heavy atom. The average molecular weight is 744 g/mol. The van der Waals surface area contributed by atoms with E-state index in [1.54, 1.807) is 0 Å². The molecule has 0 aliphatic heterocycles. The summed E-state index contributed by atoms with van der Waals surface area (Å²) >= 11 is 1.86. The van der Waals surface area contributed by atoms with Gasteiger partial charge in [0.2, 0.25) is 0 Å². The number of hydrogen-bond donors (Lipinski definition) is 0. The number of imidazole rings is 1. The zero-order valence-corrected chi connectivity index (χ0v) is 32.2. The van der Waals surface area contributed by atoms with Gasteiger partial charge in [0, 0.05) is 37.2 Å². The molecule has 266 valence electrons. The van der Waals surface area contributed by atoms with Crippen molar-refractivity contribution in [2.24, 2.45) is 0 Å². The van der Waals surface area contributed by atoms with Crippen LogP contribution >= 0.6 is 11.3 Å². The molecule has 8 aromatic carbocycles. The van der Waals surface area contributed by atoms with Gasteiger partial charge < -0.3 is 0 Å². The summed E-state index contributed by atoms with van der Waals surface area (Å²) in [6.07, 6.45) is 0. The zero-order valence-electron chi connectivity index (χ0n) is 31.3. The predicted octanol–water partition coefficient (Wildman–Crippen LogP) is 14.5. The van der Waals surface area contributed by atoms with Crippen molar-refractivity contribution in [1.82, 2.24) is 14.4 Å². The van der Waals surface area contributed by atoms with Crippen LogP contribution in [0.4, 0.5) is 0 Å². The zero-order chi connectivity index (χ0) is 37.6. The second-order valence-electron chi connectivity index (χ2n) is 16.2. The van der Waals surface area contributed by atoms with E-state index in [-0.39, 0.29) is 5.41 Å². The van der Waals surface area contributed by atoms with Crippen molar-refractivity contribution >= 4 is 91.4 Å². The minimum absolute atomic E-state index is 0.0984. The normalized spacial score (nSPS) is 13.6. The summed E-state index contributed by atoms with van der Waals surface area (Å²) in [7, 11) is 0. The first-order valence-electron chi connectivity index (χ1n) is 19.7. The number of fused-ring (bicyclic) bond motifs is 14. The van der Waals surface area contributed by atoms with Crippen molar-refractivity contribution in [3.05, 3.63) is 175 Å². The summed E-state index contributed by atoms with van der Waals surface area (Å²) in [6, 6.07) is 60.2. The summed E-state index contributed by atoms with van der Waals surface area (Å²) in [6.45, 7) is 4.67. The molecule has 0 saturated heterocycles. The molecule has 57 heavy (non-hydrogen) atoms. The SMILES string of the molecule is CC1(C)c2ccccc2-c2cc(-c3ccc(-c4cc5c6ccc7ccccc7c6sc5c5nc6c7cc8ccccc8cc7ccc6n45)cc3)nc3cccc1c23. The van der Waals surface area contributed by atoms with Crippen LogP contribution in [0.25, 0.3) is 114 Å². The Morgan fingerprint density at radius 1 is 0.491 bits per heavy atom. The largest absolute Gasteiger partial charge is 0.291 e. The lowest BCUT2D eigenvalue weighted by Crippen LogP contribution is -2.23. The van der Waals surface area contributed by atoms with E-state index in [4.69, 9.17) is 9.97 Å². The first-order chi connectivity index (χ1) is 28.0. The van der Waals surface area contributed by atoms with Crippen molar-refractivity contribution < 1.29 is 0 Å². The van der Waals surface area contributed by atoms with E-state index in [1.807, 2.05) is 11.3 Å². The molecule has 4 heteroatoms. The van der Waals surface area contributed by atoms with Crippen LogP contribution in [0.1, 0.15) is 25.0 Å². The fourth-order valence-corrected chi connectivity index (χ4v) is 11.2. The van der Waals surface area contributed by atoms with Gasteiger partial charge in [-0.15, -0.1) is 11.3 Å². The van der Waals surface area contributed by atoms with Crippen LogP contribution in [-0.2, 0) is 5.41 Å². The van der Waals surface area contributed by atoms with Crippen LogP contribution in [-0.4, -0.2) is 14.4 Å². The van der Waals surface area contributed by atoms with Gasteiger partial charge in [0.05, 0.1) is 32.6 Å². The second kappa shape index (κ2) is 11.1. The van der Waals surface area contributed by atoms with Gasteiger partial charge in [0.15, 0.2) is 5.65 Å². The highest BCUT2D eigenvalue weighted by Crippen LogP contribution is 2.49. The van der Waals surface area contributed by atoms with Crippen LogP contribution in [0.5, 0.6) is 0 Å². The minimum atomic E-state index is -0.0984. The maximum atomic E-state index is 5.56. The van der Waals surface area contributed by atoms with E-state index in [9.17, 15) is 0 Å². The molecule has 0 atom stereocenters. The van der Waals surface area contributed by atoms with Crippen molar-refractivity contribution in [3.63, 3.8) is 0 Å². The average Bonchev–Trinajstić information content (AvgIpc) is 3.84. The van der Waals surface area contributed by atoms with E-state index in [0.29, 0.717) is 0 Å². The molecule has 0 bridgehead atoms. The fraction of sp³-hybridized carbons (Fsp3) is 0.0566. The Labute approximate surface area is 332 Å². The summed E-state index contributed by atoms with van der Waals surface area (Å²) in [5, 5.41) is 11.2. The molecule has 3 nitrogen and oxygen atoms in total. The van der Waals surface area contributed by atoms with Crippen molar-refractivity contribution in [1.29, 1.82) is 0 Å². The quantitative estimate of drug-likeness (QED) is 0.165. The van der Waals surface area contributed by atoms with Gasteiger partial charge in [0.1, 0.15) is 0 Å². The first-order valence-corrected chi connectivity index (χ1v) is 20.5. The lowest BCUT2D eigenvalue weighted by Gasteiger charge is -2.35. The smallest absolute Gasteiger partial charge is 0.156 e. The monoisotopic (exact) mass is 743 g/mol. The Balaban J connectivity index is 1.06. The van der Waals surface area contributed by atoms with Gasteiger partial charge in [-0.1, -0.05) is 141 Å². The van der Waals surface area contributed by atoms with Crippen molar-refractivity contribution in [3.8, 4) is 33.6 Å². The number of rotatable bonds is 2. The molecular formula is C53H33N3S. The van der Waals surface area contributed by atoms with Gasteiger partial charge >= 0.3 is 0 Å². The van der Waals surface area contributed by atoms with Crippen molar-refractivity contribution in [2.75, 3.05) is 0 Å². The second-order valence-corrected chi connectivity index (χ2v) is 17.2.